The Hall–Kier alpha value is -3.43. The number of hydrogen-bond acceptors (Lipinski definition) is 9. The topological polar surface area (TPSA) is 90.8 Å². The summed E-state index contributed by atoms with van der Waals surface area (Å²) in [5.41, 5.74) is 2.78. The molecule has 3 aromatic heterocycles. The molecule has 0 N–H and O–H groups in total. The van der Waals surface area contributed by atoms with Crippen molar-refractivity contribution in [3.8, 4) is 16.5 Å². The highest BCUT2D eigenvalue weighted by molar-refractivity contribution is 7.15. The van der Waals surface area contributed by atoms with Gasteiger partial charge in [0, 0.05) is 18.0 Å². The summed E-state index contributed by atoms with van der Waals surface area (Å²) in [5, 5.41) is 0. The third kappa shape index (κ3) is 6.96. The molecule has 0 saturated carbocycles. The number of thiophene rings is 1. The zero-order valence-electron chi connectivity index (χ0n) is 24.0. The summed E-state index contributed by atoms with van der Waals surface area (Å²) in [5.74, 6) is 3.16. The number of ether oxygens (including phenoxy) is 2. The average Bonchev–Trinajstić information content (AvgIpc) is 3.57. The van der Waals surface area contributed by atoms with E-state index in [2.05, 4.69) is 35.0 Å². The molecule has 4 rings (SSSR count). The van der Waals surface area contributed by atoms with Gasteiger partial charge >= 0.3 is 5.97 Å². The molecule has 39 heavy (non-hydrogen) atoms. The zero-order chi connectivity index (χ0) is 28.3. The van der Waals surface area contributed by atoms with Gasteiger partial charge in [-0.15, -0.1) is 11.3 Å². The molecular formula is C30H37N3O5S. The SMILES string of the molecule is CCOC(=O)C(C)(C)Oc1c(C)cc(CN(Cc2ncc(C)o2)Cc2nc(-c3ccc(C)s3)oc2C)cc1C. The second-order valence-electron chi connectivity index (χ2n) is 10.3. The average molecular weight is 552 g/mol. The maximum atomic E-state index is 12.4. The Bertz CT molecular complexity index is 1430. The van der Waals surface area contributed by atoms with Gasteiger partial charge in [-0.1, -0.05) is 12.1 Å². The molecular weight excluding hydrogens is 514 g/mol. The molecule has 9 heteroatoms. The lowest BCUT2D eigenvalue weighted by atomic mass is 10.0. The highest BCUT2D eigenvalue weighted by atomic mass is 32.1. The van der Waals surface area contributed by atoms with Crippen LogP contribution in [0.3, 0.4) is 0 Å². The third-order valence-electron chi connectivity index (χ3n) is 6.30. The van der Waals surface area contributed by atoms with Gasteiger partial charge in [0.05, 0.1) is 29.9 Å². The largest absolute Gasteiger partial charge is 0.476 e. The molecule has 8 nitrogen and oxygen atoms in total. The van der Waals surface area contributed by atoms with E-state index in [1.54, 1.807) is 38.3 Å². The maximum Gasteiger partial charge on any atom is 0.349 e. The van der Waals surface area contributed by atoms with Gasteiger partial charge < -0.3 is 18.3 Å². The molecule has 208 valence electrons. The number of oxazole rings is 2. The second kappa shape index (κ2) is 11.8. The Balaban J connectivity index is 1.58. The van der Waals surface area contributed by atoms with E-state index in [1.165, 1.54) is 4.88 Å². The minimum Gasteiger partial charge on any atom is -0.476 e. The highest BCUT2D eigenvalue weighted by Gasteiger charge is 2.32. The molecule has 0 spiro atoms. The van der Waals surface area contributed by atoms with Crippen molar-refractivity contribution in [1.29, 1.82) is 0 Å². The number of nitrogens with zero attached hydrogens (tertiary/aromatic N) is 3. The smallest absolute Gasteiger partial charge is 0.349 e. The van der Waals surface area contributed by atoms with E-state index in [1.807, 2.05) is 33.8 Å². The van der Waals surface area contributed by atoms with Crippen LogP contribution in [0.5, 0.6) is 5.75 Å². The minimum atomic E-state index is -1.09. The fourth-order valence-electron chi connectivity index (χ4n) is 4.43. The summed E-state index contributed by atoms with van der Waals surface area (Å²) < 4.78 is 23.2. The molecule has 1 aromatic carbocycles. The van der Waals surface area contributed by atoms with Gasteiger partial charge in [0.2, 0.25) is 11.8 Å². The lowest BCUT2D eigenvalue weighted by Crippen LogP contribution is -2.40. The van der Waals surface area contributed by atoms with E-state index in [4.69, 9.17) is 23.3 Å². The number of hydrogen-bond donors (Lipinski definition) is 0. The lowest BCUT2D eigenvalue weighted by molar-refractivity contribution is -0.158. The second-order valence-corrected chi connectivity index (χ2v) is 11.6. The maximum absolute atomic E-state index is 12.4. The molecule has 3 heterocycles. The molecule has 0 bridgehead atoms. The lowest BCUT2D eigenvalue weighted by Gasteiger charge is -2.27. The summed E-state index contributed by atoms with van der Waals surface area (Å²) in [6, 6.07) is 8.29. The van der Waals surface area contributed by atoms with Gasteiger partial charge in [-0.25, -0.2) is 14.8 Å². The molecule has 4 aromatic rings. The number of benzene rings is 1. The van der Waals surface area contributed by atoms with E-state index in [0.717, 1.165) is 38.8 Å². The Morgan fingerprint density at radius 2 is 1.74 bits per heavy atom. The first-order valence-electron chi connectivity index (χ1n) is 13.1. The Morgan fingerprint density at radius 1 is 1.03 bits per heavy atom. The van der Waals surface area contributed by atoms with Crippen LogP contribution in [0.1, 0.15) is 65.4 Å². The number of carbonyl (C=O) groups excluding carboxylic acids is 1. The van der Waals surface area contributed by atoms with Gasteiger partial charge in [0.15, 0.2) is 5.60 Å². The van der Waals surface area contributed by atoms with E-state index in [-0.39, 0.29) is 5.97 Å². The minimum absolute atomic E-state index is 0.307. The molecule has 0 amide bonds. The summed E-state index contributed by atoms with van der Waals surface area (Å²) in [4.78, 5) is 26.1. The normalized spacial score (nSPS) is 11.8. The van der Waals surface area contributed by atoms with Crippen molar-refractivity contribution in [2.24, 2.45) is 0 Å². The first-order valence-corrected chi connectivity index (χ1v) is 13.9. The van der Waals surface area contributed by atoms with Crippen LogP contribution in [0, 0.1) is 34.6 Å². The summed E-state index contributed by atoms with van der Waals surface area (Å²) >= 11 is 1.67. The fourth-order valence-corrected chi connectivity index (χ4v) is 5.22. The van der Waals surface area contributed by atoms with E-state index < -0.39 is 5.60 Å². The van der Waals surface area contributed by atoms with Crippen molar-refractivity contribution in [2.45, 2.75) is 80.6 Å². The van der Waals surface area contributed by atoms with Crippen molar-refractivity contribution < 1.29 is 23.1 Å². The van der Waals surface area contributed by atoms with Gasteiger partial charge in [-0.3, -0.25) is 4.90 Å². The van der Waals surface area contributed by atoms with Crippen molar-refractivity contribution in [3.05, 3.63) is 75.1 Å². The molecule has 0 aliphatic rings. The monoisotopic (exact) mass is 551 g/mol. The van der Waals surface area contributed by atoms with Crippen LogP contribution in [-0.2, 0) is 29.2 Å². The summed E-state index contributed by atoms with van der Waals surface area (Å²) in [7, 11) is 0. The molecule has 0 unspecified atom stereocenters. The van der Waals surface area contributed by atoms with Gasteiger partial charge in [-0.2, -0.15) is 0 Å². The molecule has 0 fully saturated rings. The number of rotatable bonds is 11. The molecule has 0 radical (unpaired) electrons. The zero-order valence-corrected chi connectivity index (χ0v) is 24.8. The molecule has 0 aliphatic carbocycles. The van der Waals surface area contributed by atoms with Gasteiger partial charge in [0.25, 0.3) is 0 Å². The van der Waals surface area contributed by atoms with E-state index in [0.29, 0.717) is 43.8 Å². The fraction of sp³-hybridized carbons (Fsp3) is 0.433. The Labute approximate surface area is 234 Å². The first-order chi connectivity index (χ1) is 18.4. The Kier molecular flexibility index (Phi) is 8.61. The molecule has 0 atom stereocenters. The number of esters is 1. The van der Waals surface area contributed by atoms with Crippen molar-refractivity contribution >= 4 is 17.3 Å². The third-order valence-corrected chi connectivity index (χ3v) is 7.28. The predicted molar refractivity (Wildman–Crippen MR) is 151 cm³/mol. The van der Waals surface area contributed by atoms with Crippen LogP contribution in [0.4, 0.5) is 0 Å². The van der Waals surface area contributed by atoms with E-state index in [9.17, 15) is 4.79 Å². The number of aromatic nitrogens is 2. The van der Waals surface area contributed by atoms with E-state index >= 15 is 0 Å². The van der Waals surface area contributed by atoms with Crippen molar-refractivity contribution in [3.63, 3.8) is 0 Å². The van der Waals surface area contributed by atoms with Crippen LogP contribution in [0.25, 0.3) is 10.8 Å². The summed E-state index contributed by atoms with van der Waals surface area (Å²) in [6.45, 7) is 17.1. The van der Waals surface area contributed by atoms with Crippen LogP contribution in [0.2, 0.25) is 0 Å². The van der Waals surface area contributed by atoms with Crippen LogP contribution in [-0.4, -0.2) is 33.0 Å². The van der Waals surface area contributed by atoms with Crippen LogP contribution >= 0.6 is 11.3 Å². The molecule has 0 aliphatic heterocycles. The van der Waals surface area contributed by atoms with Crippen molar-refractivity contribution in [2.75, 3.05) is 6.61 Å². The highest BCUT2D eigenvalue weighted by Crippen LogP contribution is 2.31. The van der Waals surface area contributed by atoms with Crippen LogP contribution in [0.15, 0.2) is 39.3 Å². The number of carbonyl (C=O) groups is 1. The number of aryl methyl sites for hydroxylation is 5. The quantitative estimate of drug-likeness (QED) is 0.187. The Morgan fingerprint density at radius 3 is 2.33 bits per heavy atom. The summed E-state index contributed by atoms with van der Waals surface area (Å²) in [6.07, 6.45) is 1.73. The van der Waals surface area contributed by atoms with Gasteiger partial charge in [-0.05, 0) is 84.2 Å². The predicted octanol–water partition coefficient (Wildman–Crippen LogP) is 6.86. The van der Waals surface area contributed by atoms with Gasteiger partial charge in [0.1, 0.15) is 17.3 Å². The first kappa shape index (κ1) is 28.6. The molecule has 0 saturated heterocycles. The van der Waals surface area contributed by atoms with Crippen molar-refractivity contribution in [1.82, 2.24) is 14.9 Å². The van der Waals surface area contributed by atoms with Crippen LogP contribution < -0.4 is 4.74 Å². The standard InChI is InChI=1S/C30H37N3O5S/c1-9-35-29(34)30(7,8)38-27-18(2)12-23(13-19(27)3)15-33(17-26-31-14-20(4)36-26)16-24-22(6)37-28(32-24)25-11-10-21(5)39-25/h10-14H,9,15-17H2,1-8H3.